The van der Waals surface area contributed by atoms with Crippen LogP contribution in [0.4, 0.5) is 0 Å². The van der Waals surface area contributed by atoms with Gasteiger partial charge in [-0.25, -0.2) is 0 Å². The van der Waals surface area contributed by atoms with Gasteiger partial charge in [-0.15, -0.1) is 0 Å². The third kappa shape index (κ3) is 4.65. The zero-order valence-corrected chi connectivity index (χ0v) is 11.2. The van der Waals surface area contributed by atoms with Crippen LogP contribution in [-0.2, 0) is 6.54 Å². The molecule has 0 saturated carbocycles. The first kappa shape index (κ1) is 13.8. The van der Waals surface area contributed by atoms with Crippen molar-refractivity contribution in [1.82, 2.24) is 5.32 Å². The van der Waals surface area contributed by atoms with Gasteiger partial charge in [0.25, 0.3) is 0 Å². The van der Waals surface area contributed by atoms with Crippen LogP contribution in [0.2, 0.25) is 0 Å². The largest absolute Gasteiger partial charge is 0.504 e. The number of aromatic hydroxyl groups is 1. The Bertz CT molecular complexity index is 350. The molecule has 0 bridgehead atoms. The molecule has 1 unspecified atom stereocenters. The number of hydrogen-bond donors (Lipinski definition) is 2. The molecule has 0 aliphatic heterocycles. The molecule has 1 rings (SSSR count). The van der Waals surface area contributed by atoms with E-state index in [9.17, 15) is 5.11 Å². The van der Waals surface area contributed by atoms with Crippen LogP contribution in [0.3, 0.4) is 0 Å². The molecule has 3 nitrogen and oxygen atoms in total. The topological polar surface area (TPSA) is 41.5 Å². The summed E-state index contributed by atoms with van der Waals surface area (Å²) >= 11 is 0. The van der Waals surface area contributed by atoms with Crippen molar-refractivity contribution in [2.24, 2.45) is 5.92 Å². The minimum Gasteiger partial charge on any atom is -0.504 e. The molecule has 0 aromatic heterocycles. The third-order valence-electron chi connectivity index (χ3n) is 2.72. The average molecular weight is 237 g/mol. The van der Waals surface area contributed by atoms with Crippen molar-refractivity contribution >= 4 is 0 Å². The maximum atomic E-state index is 9.49. The molecule has 0 aliphatic carbocycles. The molecule has 1 aromatic rings. The molecule has 0 saturated heterocycles. The molecule has 0 radical (unpaired) electrons. The summed E-state index contributed by atoms with van der Waals surface area (Å²) in [4.78, 5) is 0. The molecule has 0 fully saturated rings. The molecule has 17 heavy (non-hydrogen) atoms. The van der Waals surface area contributed by atoms with E-state index >= 15 is 0 Å². The fourth-order valence-electron chi connectivity index (χ4n) is 1.91. The average Bonchev–Trinajstić information content (AvgIpc) is 2.27. The Labute approximate surface area is 104 Å². The van der Waals surface area contributed by atoms with Gasteiger partial charge in [-0.3, -0.25) is 0 Å². The highest BCUT2D eigenvalue weighted by atomic mass is 16.5. The van der Waals surface area contributed by atoms with E-state index in [2.05, 4.69) is 26.1 Å². The maximum absolute atomic E-state index is 9.49. The first-order chi connectivity index (χ1) is 8.02. The Morgan fingerprint density at radius 1 is 1.29 bits per heavy atom. The van der Waals surface area contributed by atoms with Crippen molar-refractivity contribution in [3.05, 3.63) is 23.8 Å². The summed E-state index contributed by atoms with van der Waals surface area (Å²) in [6.07, 6.45) is 1.16. The summed E-state index contributed by atoms with van der Waals surface area (Å²) in [5, 5.41) is 12.9. The number of benzene rings is 1. The summed E-state index contributed by atoms with van der Waals surface area (Å²) in [6, 6.07) is 5.94. The molecule has 2 N–H and O–H groups in total. The van der Waals surface area contributed by atoms with Gasteiger partial charge in [0.15, 0.2) is 11.5 Å². The Balaban J connectivity index is 2.52. The summed E-state index contributed by atoms with van der Waals surface area (Å²) in [6.45, 7) is 7.44. The molecule has 1 atom stereocenters. The van der Waals surface area contributed by atoms with E-state index in [1.54, 1.807) is 13.2 Å². The van der Waals surface area contributed by atoms with Crippen LogP contribution in [0.15, 0.2) is 18.2 Å². The van der Waals surface area contributed by atoms with Gasteiger partial charge in [-0.1, -0.05) is 19.9 Å². The number of rotatable bonds is 6. The fourth-order valence-corrected chi connectivity index (χ4v) is 1.91. The number of hydrogen-bond acceptors (Lipinski definition) is 3. The van der Waals surface area contributed by atoms with E-state index in [1.165, 1.54) is 0 Å². The van der Waals surface area contributed by atoms with Gasteiger partial charge in [0.1, 0.15) is 0 Å². The smallest absolute Gasteiger partial charge is 0.160 e. The quantitative estimate of drug-likeness (QED) is 0.799. The molecule has 0 amide bonds. The van der Waals surface area contributed by atoms with Gasteiger partial charge < -0.3 is 15.2 Å². The third-order valence-corrected chi connectivity index (χ3v) is 2.72. The van der Waals surface area contributed by atoms with Crippen molar-refractivity contribution in [3.63, 3.8) is 0 Å². The van der Waals surface area contributed by atoms with E-state index in [4.69, 9.17) is 4.74 Å². The second-order valence-electron chi connectivity index (χ2n) is 4.92. The van der Waals surface area contributed by atoms with E-state index < -0.39 is 0 Å². The van der Waals surface area contributed by atoms with Crippen molar-refractivity contribution in [3.8, 4) is 11.5 Å². The summed E-state index contributed by atoms with van der Waals surface area (Å²) in [5.74, 6) is 1.42. The molecule has 1 aromatic carbocycles. The molecule has 0 spiro atoms. The molecular formula is C14H23NO2. The SMILES string of the molecule is COc1cc(CNC(C)CC(C)C)ccc1O. The summed E-state index contributed by atoms with van der Waals surface area (Å²) in [5.41, 5.74) is 1.12. The Kier molecular flexibility index (Phi) is 5.29. The van der Waals surface area contributed by atoms with Crippen LogP contribution in [0.1, 0.15) is 32.8 Å². The minimum atomic E-state index is 0.187. The summed E-state index contributed by atoms with van der Waals surface area (Å²) in [7, 11) is 1.56. The van der Waals surface area contributed by atoms with E-state index in [-0.39, 0.29) is 5.75 Å². The Morgan fingerprint density at radius 2 is 2.00 bits per heavy atom. The van der Waals surface area contributed by atoms with Crippen molar-refractivity contribution < 1.29 is 9.84 Å². The lowest BCUT2D eigenvalue weighted by atomic mass is 10.0. The highest BCUT2D eigenvalue weighted by Gasteiger charge is 2.06. The van der Waals surface area contributed by atoms with Crippen LogP contribution in [0.5, 0.6) is 11.5 Å². The second kappa shape index (κ2) is 6.50. The lowest BCUT2D eigenvalue weighted by molar-refractivity contribution is 0.372. The second-order valence-corrected chi connectivity index (χ2v) is 4.92. The van der Waals surface area contributed by atoms with Gasteiger partial charge >= 0.3 is 0 Å². The number of ether oxygens (including phenoxy) is 1. The zero-order valence-electron chi connectivity index (χ0n) is 11.2. The highest BCUT2D eigenvalue weighted by Crippen LogP contribution is 2.26. The van der Waals surface area contributed by atoms with Crippen molar-refractivity contribution in [2.75, 3.05) is 7.11 Å². The lowest BCUT2D eigenvalue weighted by Gasteiger charge is -2.16. The van der Waals surface area contributed by atoms with Gasteiger partial charge in [0.2, 0.25) is 0 Å². The molecular weight excluding hydrogens is 214 g/mol. The number of phenols is 1. The van der Waals surface area contributed by atoms with E-state index in [1.807, 2.05) is 12.1 Å². The lowest BCUT2D eigenvalue weighted by Crippen LogP contribution is -2.26. The standard InChI is InChI=1S/C14H23NO2/c1-10(2)7-11(3)15-9-12-5-6-13(16)14(8-12)17-4/h5-6,8,10-11,15-16H,7,9H2,1-4H3. The molecule has 0 aliphatic rings. The Morgan fingerprint density at radius 3 is 2.59 bits per heavy atom. The first-order valence-corrected chi connectivity index (χ1v) is 6.12. The van der Waals surface area contributed by atoms with Crippen LogP contribution >= 0.6 is 0 Å². The van der Waals surface area contributed by atoms with Crippen LogP contribution < -0.4 is 10.1 Å². The number of methoxy groups -OCH3 is 1. The van der Waals surface area contributed by atoms with Gasteiger partial charge in [-0.2, -0.15) is 0 Å². The van der Waals surface area contributed by atoms with Crippen LogP contribution in [0.25, 0.3) is 0 Å². The predicted molar refractivity (Wildman–Crippen MR) is 70.4 cm³/mol. The monoisotopic (exact) mass is 237 g/mol. The van der Waals surface area contributed by atoms with Crippen LogP contribution in [-0.4, -0.2) is 18.3 Å². The van der Waals surface area contributed by atoms with E-state index in [0.29, 0.717) is 17.7 Å². The van der Waals surface area contributed by atoms with Crippen molar-refractivity contribution in [2.45, 2.75) is 39.8 Å². The molecule has 3 heteroatoms. The van der Waals surface area contributed by atoms with E-state index in [0.717, 1.165) is 18.5 Å². The first-order valence-electron chi connectivity index (χ1n) is 6.12. The van der Waals surface area contributed by atoms with Crippen LogP contribution in [0, 0.1) is 5.92 Å². The number of phenolic OH excluding ortho intramolecular Hbond substituents is 1. The predicted octanol–water partition coefficient (Wildman–Crippen LogP) is 2.93. The highest BCUT2D eigenvalue weighted by molar-refractivity contribution is 5.41. The number of nitrogens with one attached hydrogen (secondary N) is 1. The Hall–Kier alpha value is -1.22. The van der Waals surface area contributed by atoms with Gasteiger partial charge in [-0.05, 0) is 37.0 Å². The van der Waals surface area contributed by atoms with Gasteiger partial charge in [0.05, 0.1) is 7.11 Å². The zero-order chi connectivity index (χ0) is 12.8. The molecule has 96 valence electrons. The summed E-state index contributed by atoms with van der Waals surface area (Å²) < 4.78 is 5.08. The van der Waals surface area contributed by atoms with Gasteiger partial charge in [0, 0.05) is 12.6 Å². The minimum absolute atomic E-state index is 0.187. The maximum Gasteiger partial charge on any atom is 0.160 e. The fraction of sp³-hybridized carbons (Fsp3) is 0.571. The van der Waals surface area contributed by atoms with Crippen molar-refractivity contribution in [1.29, 1.82) is 0 Å². The molecule has 0 heterocycles. The normalized spacial score (nSPS) is 12.8.